The Balaban J connectivity index is 0. The second kappa shape index (κ2) is 13.1. The van der Waals surface area contributed by atoms with Crippen LogP contribution in [0.4, 0.5) is 0 Å². The highest BCUT2D eigenvalue weighted by atomic mass is 35.5. The van der Waals surface area contributed by atoms with Crippen molar-refractivity contribution in [1.82, 2.24) is 15.2 Å². The quantitative estimate of drug-likeness (QED) is 0.729. The zero-order valence-corrected chi connectivity index (χ0v) is 13.5. The number of hydrogen-bond donors (Lipinski definition) is 1. The number of rotatable bonds is 8. The number of methoxy groups -OCH3 is 1. The first-order chi connectivity index (χ1) is 8.74. The molecular weight excluding hydrogens is 301 g/mol. The molecule has 0 aliphatic heterocycles. The molecule has 0 radical (unpaired) electrons. The van der Waals surface area contributed by atoms with Crippen molar-refractivity contribution in [3.05, 3.63) is 30.1 Å². The van der Waals surface area contributed by atoms with E-state index < -0.39 is 0 Å². The minimum atomic E-state index is 0. The number of nitrogens with zero attached hydrogens (tertiary/aromatic N) is 2. The lowest BCUT2D eigenvalue weighted by atomic mass is 10.2. The zero-order valence-electron chi connectivity index (χ0n) is 11.9. The van der Waals surface area contributed by atoms with Crippen LogP contribution in [0.25, 0.3) is 0 Å². The molecule has 0 aliphatic carbocycles. The Kier molecular flexibility index (Phi) is 14.1. The molecule has 1 amide bonds. The van der Waals surface area contributed by atoms with Gasteiger partial charge in [0, 0.05) is 39.6 Å². The van der Waals surface area contributed by atoms with E-state index >= 15 is 0 Å². The number of ether oxygens (including phenoxy) is 1. The van der Waals surface area contributed by atoms with Crippen LogP contribution in [0.5, 0.6) is 0 Å². The van der Waals surface area contributed by atoms with Crippen molar-refractivity contribution in [1.29, 1.82) is 0 Å². The fourth-order valence-corrected chi connectivity index (χ4v) is 1.48. The first-order valence-electron chi connectivity index (χ1n) is 6.06. The van der Waals surface area contributed by atoms with Gasteiger partial charge in [0.05, 0.1) is 13.2 Å². The predicted octanol–water partition coefficient (Wildman–Crippen LogP) is 1.16. The van der Waals surface area contributed by atoms with Crippen LogP contribution in [0.2, 0.25) is 0 Å². The van der Waals surface area contributed by atoms with Crippen molar-refractivity contribution in [2.75, 3.05) is 40.4 Å². The van der Waals surface area contributed by atoms with Crippen molar-refractivity contribution < 1.29 is 9.53 Å². The third-order valence-electron chi connectivity index (χ3n) is 2.67. The third kappa shape index (κ3) is 9.09. The molecule has 1 aromatic rings. The van der Waals surface area contributed by atoms with Crippen molar-refractivity contribution in [3.8, 4) is 0 Å². The number of likely N-dealkylation sites (N-methyl/N-ethyl adjacent to an activating group) is 1. The number of aromatic nitrogens is 1. The first-order valence-corrected chi connectivity index (χ1v) is 6.06. The van der Waals surface area contributed by atoms with E-state index in [1.807, 2.05) is 19.2 Å². The first kappa shape index (κ1) is 21.4. The van der Waals surface area contributed by atoms with Gasteiger partial charge in [-0.2, -0.15) is 0 Å². The van der Waals surface area contributed by atoms with E-state index in [-0.39, 0.29) is 30.7 Å². The van der Waals surface area contributed by atoms with E-state index in [1.54, 1.807) is 24.4 Å². The highest BCUT2D eigenvalue weighted by Crippen LogP contribution is 1.98. The molecule has 1 N–H and O–H groups in total. The molecule has 1 heterocycles. The van der Waals surface area contributed by atoms with Crippen LogP contribution in [-0.4, -0.2) is 56.2 Å². The van der Waals surface area contributed by atoms with Crippen LogP contribution in [0.3, 0.4) is 0 Å². The topological polar surface area (TPSA) is 54.5 Å². The monoisotopic (exact) mass is 323 g/mol. The Morgan fingerprint density at radius 1 is 1.35 bits per heavy atom. The van der Waals surface area contributed by atoms with Crippen LogP contribution in [0, 0.1) is 0 Å². The Labute approximate surface area is 132 Å². The molecule has 0 unspecified atom stereocenters. The van der Waals surface area contributed by atoms with Crippen LogP contribution >= 0.6 is 24.8 Å². The van der Waals surface area contributed by atoms with Gasteiger partial charge in [-0.25, -0.2) is 0 Å². The molecule has 1 rings (SSSR count). The second-order valence-electron chi connectivity index (χ2n) is 4.09. The minimum Gasteiger partial charge on any atom is -0.383 e. The van der Waals surface area contributed by atoms with Gasteiger partial charge < -0.3 is 15.0 Å². The van der Waals surface area contributed by atoms with Crippen LogP contribution in [-0.2, 0) is 16.0 Å². The van der Waals surface area contributed by atoms with Crippen LogP contribution in [0.1, 0.15) is 5.56 Å². The van der Waals surface area contributed by atoms with E-state index in [1.165, 1.54) is 5.56 Å². The van der Waals surface area contributed by atoms with Crippen molar-refractivity contribution in [2.45, 2.75) is 6.42 Å². The van der Waals surface area contributed by atoms with Gasteiger partial charge in [-0.1, -0.05) is 0 Å². The van der Waals surface area contributed by atoms with Crippen LogP contribution < -0.4 is 5.32 Å². The summed E-state index contributed by atoms with van der Waals surface area (Å²) in [5, 5.41) is 3.04. The SMILES string of the molecule is COCCNCC(=O)N(C)CCc1ccncc1.Cl.Cl. The Hall–Kier alpha value is -0.880. The molecule has 0 fully saturated rings. The summed E-state index contributed by atoms with van der Waals surface area (Å²) in [6, 6.07) is 3.93. The molecular formula is C13H23Cl2N3O2. The smallest absolute Gasteiger partial charge is 0.236 e. The average molecular weight is 324 g/mol. The molecule has 0 aliphatic rings. The summed E-state index contributed by atoms with van der Waals surface area (Å²) in [7, 11) is 3.46. The summed E-state index contributed by atoms with van der Waals surface area (Å²) in [5.74, 6) is 0.0974. The molecule has 0 atom stereocenters. The van der Waals surface area contributed by atoms with E-state index in [2.05, 4.69) is 10.3 Å². The molecule has 116 valence electrons. The minimum absolute atomic E-state index is 0. The van der Waals surface area contributed by atoms with Gasteiger partial charge in [0.25, 0.3) is 0 Å². The molecule has 0 saturated heterocycles. The highest BCUT2D eigenvalue weighted by Gasteiger charge is 2.07. The number of carbonyl (C=O) groups is 1. The summed E-state index contributed by atoms with van der Waals surface area (Å²) in [5.41, 5.74) is 1.19. The van der Waals surface area contributed by atoms with Gasteiger partial charge in [-0.3, -0.25) is 9.78 Å². The normalized spacial score (nSPS) is 9.30. The van der Waals surface area contributed by atoms with Crippen molar-refractivity contribution in [2.24, 2.45) is 0 Å². The Bertz CT molecular complexity index is 353. The molecule has 0 saturated carbocycles. The van der Waals surface area contributed by atoms with Gasteiger partial charge in [0.1, 0.15) is 0 Å². The second-order valence-corrected chi connectivity index (χ2v) is 4.09. The van der Waals surface area contributed by atoms with Crippen LogP contribution in [0.15, 0.2) is 24.5 Å². The van der Waals surface area contributed by atoms with Gasteiger partial charge in [-0.15, -0.1) is 24.8 Å². The number of amides is 1. The average Bonchev–Trinajstić information content (AvgIpc) is 2.42. The van der Waals surface area contributed by atoms with E-state index in [4.69, 9.17) is 4.74 Å². The number of pyridine rings is 1. The molecule has 0 spiro atoms. The Morgan fingerprint density at radius 3 is 2.60 bits per heavy atom. The van der Waals surface area contributed by atoms with Crippen molar-refractivity contribution in [3.63, 3.8) is 0 Å². The summed E-state index contributed by atoms with van der Waals surface area (Å²) >= 11 is 0. The lowest BCUT2D eigenvalue weighted by Gasteiger charge is -2.17. The highest BCUT2D eigenvalue weighted by molar-refractivity contribution is 5.85. The molecule has 5 nitrogen and oxygen atoms in total. The van der Waals surface area contributed by atoms with Gasteiger partial charge in [-0.05, 0) is 24.1 Å². The molecule has 0 bridgehead atoms. The molecule has 7 heteroatoms. The molecule has 0 aromatic carbocycles. The van der Waals surface area contributed by atoms with Gasteiger partial charge in [0.2, 0.25) is 5.91 Å². The van der Waals surface area contributed by atoms with Gasteiger partial charge in [0.15, 0.2) is 0 Å². The zero-order chi connectivity index (χ0) is 13.2. The Morgan fingerprint density at radius 2 is 2.00 bits per heavy atom. The van der Waals surface area contributed by atoms with Crippen molar-refractivity contribution >= 4 is 30.7 Å². The summed E-state index contributed by atoms with van der Waals surface area (Å²) in [6.45, 7) is 2.39. The lowest BCUT2D eigenvalue weighted by molar-refractivity contribution is -0.128. The number of carbonyl (C=O) groups excluding carboxylic acids is 1. The van der Waals surface area contributed by atoms with E-state index in [0.717, 1.165) is 13.0 Å². The maximum Gasteiger partial charge on any atom is 0.236 e. The summed E-state index contributed by atoms with van der Waals surface area (Å²) < 4.78 is 4.90. The van der Waals surface area contributed by atoms with E-state index in [0.29, 0.717) is 19.7 Å². The molecule has 1 aromatic heterocycles. The van der Waals surface area contributed by atoms with Gasteiger partial charge >= 0.3 is 0 Å². The fraction of sp³-hybridized carbons (Fsp3) is 0.538. The maximum absolute atomic E-state index is 11.7. The van der Waals surface area contributed by atoms with E-state index in [9.17, 15) is 4.79 Å². The number of nitrogens with one attached hydrogen (secondary N) is 1. The summed E-state index contributed by atoms with van der Waals surface area (Å²) in [6.07, 6.45) is 4.38. The third-order valence-corrected chi connectivity index (χ3v) is 2.67. The number of hydrogen-bond acceptors (Lipinski definition) is 4. The predicted molar refractivity (Wildman–Crippen MR) is 84.8 cm³/mol. The maximum atomic E-state index is 11.7. The summed E-state index contributed by atoms with van der Waals surface area (Å²) in [4.78, 5) is 17.4. The number of halogens is 2. The largest absolute Gasteiger partial charge is 0.383 e. The molecule has 20 heavy (non-hydrogen) atoms. The fourth-order valence-electron chi connectivity index (χ4n) is 1.48. The lowest BCUT2D eigenvalue weighted by Crippen LogP contribution is -2.37. The standard InChI is InChI=1S/C13H21N3O2.2ClH/c1-16(13(17)11-15-8-10-18-2)9-5-12-3-6-14-7-4-12;;/h3-4,6-7,15H,5,8-11H2,1-2H3;2*1H.